The normalized spacial score (nSPS) is 23.3. The molecular formula is C18H21N3O3S. The van der Waals surface area contributed by atoms with Crippen molar-refractivity contribution in [2.75, 3.05) is 57.5 Å². The number of ether oxygens (including phenoxy) is 2. The number of carbonyl (C=O) groups excluding carboxylic acids is 1. The Balaban J connectivity index is 1.43. The van der Waals surface area contributed by atoms with Gasteiger partial charge in [0.05, 0.1) is 31.3 Å². The van der Waals surface area contributed by atoms with E-state index < -0.39 is 0 Å². The van der Waals surface area contributed by atoms with Gasteiger partial charge < -0.3 is 19.3 Å². The van der Waals surface area contributed by atoms with Gasteiger partial charge in [0.1, 0.15) is 0 Å². The molecule has 6 nitrogen and oxygen atoms in total. The summed E-state index contributed by atoms with van der Waals surface area (Å²) in [5.41, 5.74) is 2.22. The molecule has 0 unspecified atom stereocenters. The summed E-state index contributed by atoms with van der Waals surface area (Å²) in [5.74, 6) is -0.149. The van der Waals surface area contributed by atoms with Gasteiger partial charge in [-0.3, -0.25) is 4.79 Å². The molecule has 1 aromatic carbocycles. The number of hydrogen-bond acceptors (Lipinski definition) is 6. The van der Waals surface area contributed by atoms with Gasteiger partial charge in [-0.25, -0.2) is 0 Å². The van der Waals surface area contributed by atoms with E-state index in [0.717, 1.165) is 50.1 Å². The summed E-state index contributed by atoms with van der Waals surface area (Å²) >= 11 is 1.46. The van der Waals surface area contributed by atoms with E-state index >= 15 is 0 Å². The van der Waals surface area contributed by atoms with Crippen LogP contribution in [-0.4, -0.2) is 68.6 Å². The molecule has 0 bridgehead atoms. The fraction of sp³-hybridized carbons (Fsp3) is 0.444. The summed E-state index contributed by atoms with van der Waals surface area (Å²) in [6, 6.07) is 8.31. The number of hydrogen-bond donors (Lipinski definition) is 0. The maximum atomic E-state index is 12.2. The van der Waals surface area contributed by atoms with Crippen LogP contribution in [0.15, 0.2) is 34.2 Å². The molecule has 0 spiro atoms. The predicted molar refractivity (Wildman–Crippen MR) is 99.9 cm³/mol. The van der Waals surface area contributed by atoms with Gasteiger partial charge in [0.25, 0.3) is 5.91 Å². The average molecular weight is 359 g/mol. The Hall–Kier alpha value is -1.83. The fourth-order valence-electron chi connectivity index (χ4n) is 3.04. The molecule has 132 valence electrons. The number of thioether (sulfide) groups is 1. The molecule has 0 aliphatic carbocycles. The van der Waals surface area contributed by atoms with E-state index in [1.54, 1.807) is 0 Å². The highest BCUT2D eigenvalue weighted by Gasteiger charge is 2.27. The first-order chi connectivity index (χ1) is 12.3. The third-order valence-electron chi connectivity index (χ3n) is 4.46. The lowest BCUT2D eigenvalue weighted by molar-refractivity contribution is -0.113. The van der Waals surface area contributed by atoms with Crippen LogP contribution in [0, 0.1) is 0 Å². The first-order valence-electron chi connectivity index (χ1n) is 8.58. The van der Waals surface area contributed by atoms with E-state index in [1.165, 1.54) is 17.4 Å². The molecule has 3 aliphatic heterocycles. The summed E-state index contributed by atoms with van der Waals surface area (Å²) in [6.07, 6.45) is 1.92. The number of morpholine rings is 2. The highest BCUT2D eigenvalue weighted by Crippen LogP contribution is 2.31. The maximum absolute atomic E-state index is 12.2. The molecule has 0 aromatic heterocycles. The van der Waals surface area contributed by atoms with E-state index in [0.29, 0.717) is 18.1 Å². The van der Waals surface area contributed by atoms with Crippen LogP contribution >= 0.6 is 11.8 Å². The van der Waals surface area contributed by atoms with Crippen LogP contribution in [0.2, 0.25) is 0 Å². The van der Waals surface area contributed by atoms with Crippen molar-refractivity contribution in [2.45, 2.75) is 0 Å². The highest BCUT2D eigenvalue weighted by molar-refractivity contribution is 8.18. The second kappa shape index (κ2) is 7.59. The molecule has 1 amide bonds. The lowest BCUT2D eigenvalue weighted by atomic mass is 10.1. The zero-order valence-electron chi connectivity index (χ0n) is 14.0. The summed E-state index contributed by atoms with van der Waals surface area (Å²) in [5, 5.41) is 0.796. The van der Waals surface area contributed by atoms with Gasteiger partial charge in [-0.1, -0.05) is 12.1 Å². The number of aliphatic imine (C=N–C) groups is 1. The van der Waals surface area contributed by atoms with Crippen LogP contribution in [0.5, 0.6) is 0 Å². The monoisotopic (exact) mass is 359 g/mol. The van der Waals surface area contributed by atoms with E-state index in [1.807, 2.05) is 6.08 Å². The minimum atomic E-state index is -0.149. The summed E-state index contributed by atoms with van der Waals surface area (Å²) in [4.78, 5) is 21.5. The minimum Gasteiger partial charge on any atom is -0.378 e. The molecule has 0 radical (unpaired) electrons. The third-order valence-corrected chi connectivity index (χ3v) is 5.50. The topological polar surface area (TPSA) is 54.4 Å². The van der Waals surface area contributed by atoms with E-state index in [2.05, 4.69) is 39.1 Å². The Morgan fingerprint density at radius 3 is 2.16 bits per heavy atom. The quantitative estimate of drug-likeness (QED) is 0.751. The number of nitrogens with zero attached hydrogens (tertiary/aromatic N) is 3. The van der Waals surface area contributed by atoms with Crippen molar-refractivity contribution in [3.05, 3.63) is 34.7 Å². The van der Waals surface area contributed by atoms with Gasteiger partial charge in [0.15, 0.2) is 5.17 Å². The molecule has 25 heavy (non-hydrogen) atoms. The Bertz CT molecular complexity index is 690. The molecule has 7 heteroatoms. The van der Waals surface area contributed by atoms with Crippen molar-refractivity contribution in [1.29, 1.82) is 0 Å². The molecule has 3 aliphatic rings. The highest BCUT2D eigenvalue weighted by atomic mass is 32.2. The Labute approximate surface area is 151 Å². The maximum Gasteiger partial charge on any atom is 0.286 e. The van der Waals surface area contributed by atoms with E-state index in [-0.39, 0.29) is 5.91 Å². The Morgan fingerprint density at radius 2 is 1.52 bits per heavy atom. The van der Waals surface area contributed by atoms with Crippen LogP contribution in [0.25, 0.3) is 6.08 Å². The van der Waals surface area contributed by atoms with Gasteiger partial charge in [-0.2, -0.15) is 4.99 Å². The van der Waals surface area contributed by atoms with Gasteiger partial charge in [-0.15, -0.1) is 0 Å². The van der Waals surface area contributed by atoms with Crippen LogP contribution in [0.1, 0.15) is 5.56 Å². The zero-order valence-corrected chi connectivity index (χ0v) is 14.8. The van der Waals surface area contributed by atoms with Crippen molar-refractivity contribution in [2.24, 2.45) is 4.99 Å². The number of amidine groups is 1. The molecule has 0 saturated carbocycles. The summed E-state index contributed by atoms with van der Waals surface area (Å²) < 4.78 is 10.7. The van der Waals surface area contributed by atoms with Crippen molar-refractivity contribution in [3.8, 4) is 0 Å². The van der Waals surface area contributed by atoms with Gasteiger partial charge in [0, 0.05) is 31.9 Å². The molecule has 0 atom stereocenters. The molecular weight excluding hydrogens is 338 g/mol. The Morgan fingerprint density at radius 1 is 0.920 bits per heavy atom. The first-order valence-corrected chi connectivity index (χ1v) is 9.39. The van der Waals surface area contributed by atoms with Crippen LogP contribution in [0.3, 0.4) is 0 Å². The van der Waals surface area contributed by atoms with Crippen molar-refractivity contribution in [1.82, 2.24) is 4.90 Å². The van der Waals surface area contributed by atoms with E-state index in [9.17, 15) is 4.79 Å². The second-order valence-corrected chi connectivity index (χ2v) is 7.11. The van der Waals surface area contributed by atoms with Gasteiger partial charge in [0.2, 0.25) is 0 Å². The number of amides is 1. The molecule has 3 heterocycles. The van der Waals surface area contributed by atoms with Gasteiger partial charge in [-0.05, 0) is 35.5 Å². The molecule has 2 fully saturated rings. The first kappa shape index (κ1) is 16.6. The molecule has 4 rings (SSSR count). The fourth-order valence-corrected chi connectivity index (χ4v) is 4.01. The smallest absolute Gasteiger partial charge is 0.286 e. The summed E-state index contributed by atoms with van der Waals surface area (Å²) in [6.45, 7) is 6.36. The largest absolute Gasteiger partial charge is 0.378 e. The zero-order chi connectivity index (χ0) is 17.1. The minimum absolute atomic E-state index is 0.149. The van der Waals surface area contributed by atoms with Crippen LogP contribution < -0.4 is 4.90 Å². The number of rotatable bonds is 2. The lowest BCUT2D eigenvalue weighted by Gasteiger charge is -2.28. The van der Waals surface area contributed by atoms with Crippen LogP contribution in [-0.2, 0) is 14.3 Å². The number of benzene rings is 1. The van der Waals surface area contributed by atoms with Crippen molar-refractivity contribution in [3.63, 3.8) is 0 Å². The lowest BCUT2D eigenvalue weighted by Crippen LogP contribution is -2.38. The Kier molecular flexibility index (Phi) is 5.05. The molecule has 0 N–H and O–H groups in total. The van der Waals surface area contributed by atoms with Gasteiger partial charge >= 0.3 is 0 Å². The molecule has 2 saturated heterocycles. The summed E-state index contributed by atoms with van der Waals surface area (Å²) in [7, 11) is 0. The second-order valence-electron chi connectivity index (χ2n) is 6.10. The number of carbonyl (C=O) groups is 1. The SMILES string of the molecule is O=C1N=C(N2CCOCC2)SC1=Cc1ccc(N2CCOCC2)cc1. The van der Waals surface area contributed by atoms with E-state index in [4.69, 9.17) is 9.47 Å². The standard InChI is InChI=1S/C18H21N3O3S/c22-17-16(25-18(19-17)21-7-11-24-12-8-21)13-14-1-3-15(4-2-14)20-5-9-23-10-6-20/h1-4,13H,5-12H2. The predicted octanol–water partition coefficient (Wildman–Crippen LogP) is 1.83. The average Bonchev–Trinajstić information content (AvgIpc) is 3.04. The van der Waals surface area contributed by atoms with Crippen molar-refractivity contribution >= 4 is 34.6 Å². The third kappa shape index (κ3) is 3.89. The van der Waals surface area contributed by atoms with Crippen LogP contribution in [0.4, 0.5) is 5.69 Å². The van der Waals surface area contributed by atoms with Crippen molar-refractivity contribution < 1.29 is 14.3 Å². The number of anilines is 1. The molecule has 1 aromatic rings.